The minimum Gasteiger partial charge on any atom is -0.497 e. The van der Waals surface area contributed by atoms with E-state index < -0.39 is 5.82 Å². The average Bonchev–Trinajstić information content (AvgIpc) is 2.75. The van der Waals surface area contributed by atoms with Crippen molar-refractivity contribution in [2.24, 2.45) is 0 Å². The molecule has 2 rings (SSSR count). The Hall–Kier alpha value is -1.68. The van der Waals surface area contributed by atoms with Gasteiger partial charge in [0.05, 0.1) is 17.6 Å². The van der Waals surface area contributed by atoms with Crippen LogP contribution in [0.1, 0.15) is 20.1 Å². The molecule has 0 atom stereocenters. The van der Waals surface area contributed by atoms with Crippen LogP contribution in [0.5, 0.6) is 5.75 Å². The molecule has 0 spiro atoms. The lowest BCUT2D eigenvalue weighted by Crippen LogP contribution is -2.02. The molecule has 0 saturated carbocycles. The van der Waals surface area contributed by atoms with Crippen molar-refractivity contribution in [3.63, 3.8) is 0 Å². The van der Waals surface area contributed by atoms with Gasteiger partial charge < -0.3 is 4.74 Å². The summed E-state index contributed by atoms with van der Waals surface area (Å²) < 4.78 is 18.6. The first-order chi connectivity index (χ1) is 8.11. The highest BCUT2D eigenvalue weighted by Crippen LogP contribution is 2.23. The normalized spacial score (nSPS) is 10.3. The van der Waals surface area contributed by atoms with Crippen molar-refractivity contribution in [3.8, 4) is 5.75 Å². The van der Waals surface area contributed by atoms with Crippen molar-refractivity contribution in [2.75, 3.05) is 7.11 Å². The maximum atomic E-state index is 13.7. The molecule has 17 heavy (non-hydrogen) atoms. The van der Waals surface area contributed by atoms with Gasteiger partial charge in [-0.3, -0.25) is 4.79 Å². The Kier molecular flexibility index (Phi) is 3.24. The third kappa shape index (κ3) is 2.36. The third-order valence-corrected chi connectivity index (χ3v) is 3.38. The fraction of sp³-hybridized carbons (Fsp3) is 0.154. The summed E-state index contributed by atoms with van der Waals surface area (Å²) in [4.78, 5) is 13.6. The highest BCUT2D eigenvalue weighted by atomic mass is 32.1. The second kappa shape index (κ2) is 4.67. The molecule has 0 fully saturated rings. The SMILES string of the molecule is COc1ccc(C(=O)c2ccc(C)s2)c(F)c1. The van der Waals surface area contributed by atoms with E-state index in [0.29, 0.717) is 10.6 Å². The van der Waals surface area contributed by atoms with E-state index in [1.807, 2.05) is 13.0 Å². The lowest BCUT2D eigenvalue weighted by molar-refractivity contribution is 0.103. The fourth-order valence-corrected chi connectivity index (χ4v) is 2.32. The van der Waals surface area contributed by atoms with E-state index in [9.17, 15) is 9.18 Å². The van der Waals surface area contributed by atoms with Gasteiger partial charge in [-0.05, 0) is 31.2 Å². The van der Waals surface area contributed by atoms with Crippen LogP contribution in [0.4, 0.5) is 4.39 Å². The first-order valence-corrected chi connectivity index (χ1v) is 5.88. The number of methoxy groups -OCH3 is 1. The molecule has 88 valence electrons. The Balaban J connectivity index is 2.37. The van der Waals surface area contributed by atoms with Crippen LogP contribution in [0.2, 0.25) is 0 Å². The maximum absolute atomic E-state index is 13.7. The lowest BCUT2D eigenvalue weighted by atomic mass is 10.1. The molecule has 1 heterocycles. The molecule has 0 unspecified atom stereocenters. The number of halogens is 1. The van der Waals surface area contributed by atoms with Gasteiger partial charge in [-0.25, -0.2) is 4.39 Å². The third-order valence-electron chi connectivity index (χ3n) is 2.39. The molecule has 0 aliphatic carbocycles. The Labute approximate surface area is 103 Å². The number of hydrogen-bond donors (Lipinski definition) is 0. The predicted molar refractivity (Wildman–Crippen MR) is 65.4 cm³/mol. The molecule has 0 saturated heterocycles. The van der Waals surface area contributed by atoms with E-state index in [1.165, 1.54) is 30.6 Å². The first kappa shape index (κ1) is 11.8. The van der Waals surface area contributed by atoms with Crippen LogP contribution in [-0.2, 0) is 0 Å². The smallest absolute Gasteiger partial charge is 0.205 e. The number of carbonyl (C=O) groups is 1. The van der Waals surface area contributed by atoms with E-state index in [2.05, 4.69) is 0 Å². The highest BCUT2D eigenvalue weighted by molar-refractivity contribution is 7.14. The molecule has 0 radical (unpaired) electrons. The second-order valence-electron chi connectivity index (χ2n) is 3.59. The van der Waals surface area contributed by atoms with Gasteiger partial charge in [0.2, 0.25) is 5.78 Å². The van der Waals surface area contributed by atoms with Crippen LogP contribution in [0.15, 0.2) is 30.3 Å². The number of thiophene rings is 1. The Morgan fingerprint density at radius 2 is 2.06 bits per heavy atom. The van der Waals surface area contributed by atoms with Crippen LogP contribution in [0.3, 0.4) is 0 Å². The van der Waals surface area contributed by atoms with Crippen molar-refractivity contribution in [1.82, 2.24) is 0 Å². The molecular weight excluding hydrogens is 239 g/mol. The van der Waals surface area contributed by atoms with Crippen LogP contribution < -0.4 is 4.74 Å². The molecule has 1 aromatic heterocycles. The van der Waals surface area contributed by atoms with Gasteiger partial charge in [0.25, 0.3) is 0 Å². The predicted octanol–water partition coefficient (Wildman–Crippen LogP) is 3.44. The van der Waals surface area contributed by atoms with Crippen LogP contribution in [0, 0.1) is 12.7 Å². The number of ketones is 1. The average molecular weight is 250 g/mol. The van der Waals surface area contributed by atoms with Crippen LogP contribution in [0.25, 0.3) is 0 Å². The van der Waals surface area contributed by atoms with E-state index in [1.54, 1.807) is 12.1 Å². The fourth-order valence-electron chi connectivity index (χ4n) is 1.50. The number of ether oxygens (including phenoxy) is 1. The zero-order valence-electron chi connectivity index (χ0n) is 9.49. The summed E-state index contributed by atoms with van der Waals surface area (Å²) in [5, 5.41) is 0. The summed E-state index contributed by atoms with van der Waals surface area (Å²) in [6.45, 7) is 1.91. The summed E-state index contributed by atoms with van der Waals surface area (Å²) in [5.41, 5.74) is 0.0765. The Morgan fingerprint density at radius 1 is 1.29 bits per heavy atom. The summed E-state index contributed by atoms with van der Waals surface area (Å²) >= 11 is 1.36. The van der Waals surface area contributed by atoms with Crippen molar-refractivity contribution < 1.29 is 13.9 Å². The molecule has 0 aliphatic heterocycles. The number of rotatable bonds is 3. The zero-order valence-corrected chi connectivity index (χ0v) is 10.3. The molecule has 2 aromatic rings. The maximum Gasteiger partial charge on any atom is 0.205 e. The van der Waals surface area contributed by atoms with Gasteiger partial charge in [-0.1, -0.05) is 0 Å². The van der Waals surface area contributed by atoms with Crippen molar-refractivity contribution in [1.29, 1.82) is 0 Å². The van der Waals surface area contributed by atoms with E-state index in [0.717, 1.165) is 4.88 Å². The minimum absolute atomic E-state index is 0.0765. The van der Waals surface area contributed by atoms with Crippen molar-refractivity contribution in [2.45, 2.75) is 6.92 Å². The first-order valence-electron chi connectivity index (χ1n) is 5.06. The van der Waals surface area contributed by atoms with Crippen molar-refractivity contribution >= 4 is 17.1 Å². The molecule has 0 aliphatic rings. The molecule has 0 amide bonds. The second-order valence-corrected chi connectivity index (χ2v) is 4.87. The van der Waals surface area contributed by atoms with E-state index in [4.69, 9.17) is 4.74 Å². The largest absolute Gasteiger partial charge is 0.497 e. The van der Waals surface area contributed by atoms with Gasteiger partial charge in [0, 0.05) is 10.9 Å². The van der Waals surface area contributed by atoms with E-state index in [-0.39, 0.29) is 11.3 Å². The monoisotopic (exact) mass is 250 g/mol. The molecule has 1 aromatic carbocycles. The summed E-state index contributed by atoms with van der Waals surface area (Å²) in [7, 11) is 1.46. The number of benzene rings is 1. The molecule has 0 bridgehead atoms. The van der Waals surface area contributed by atoms with Gasteiger partial charge in [0.1, 0.15) is 11.6 Å². The number of hydrogen-bond acceptors (Lipinski definition) is 3. The molecule has 2 nitrogen and oxygen atoms in total. The Bertz CT molecular complexity index is 560. The van der Waals surface area contributed by atoms with Gasteiger partial charge in [0.15, 0.2) is 0 Å². The number of aryl methyl sites for hydroxylation is 1. The summed E-state index contributed by atoms with van der Waals surface area (Å²) in [6.07, 6.45) is 0. The topological polar surface area (TPSA) is 26.3 Å². The van der Waals surface area contributed by atoms with Crippen molar-refractivity contribution in [3.05, 3.63) is 51.5 Å². The Morgan fingerprint density at radius 3 is 2.59 bits per heavy atom. The zero-order chi connectivity index (χ0) is 12.4. The standard InChI is InChI=1S/C13H11FO2S/c1-8-3-6-12(17-8)13(15)10-5-4-9(16-2)7-11(10)14/h3-7H,1-2H3. The number of carbonyl (C=O) groups excluding carboxylic acids is 1. The summed E-state index contributed by atoms with van der Waals surface area (Å²) in [5.74, 6) is -0.440. The minimum atomic E-state index is -0.555. The molecule has 0 N–H and O–H groups in total. The van der Waals surface area contributed by atoms with Gasteiger partial charge in [-0.2, -0.15) is 0 Å². The quantitative estimate of drug-likeness (QED) is 0.780. The molecule has 4 heteroatoms. The van der Waals surface area contributed by atoms with Crippen LogP contribution >= 0.6 is 11.3 Å². The van der Waals surface area contributed by atoms with Gasteiger partial charge in [-0.15, -0.1) is 11.3 Å². The lowest BCUT2D eigenvalue weighted by Gasteiger charge is -2.03. The van der Waals surface area contributed by atoms with Gasteiger partial charge >= 0.3 is 0 Å². The van der Waals surface area contributed by atoms with Crippen LogP contribution in [-0.4, -0.2) is 12.9 Å². The highest BCUT2D eigenvalue weighted by Gasteiger charge is 2.16. The van der Waals surface area contributed by atoms with E-state index >= 15 is 0 Å². The summed E-state index contributed by atoms with van der Waals surface area (Å²) in [6, 6.07) is 7.81. The molecular formula is C13H11FO2S.